The average molecular weight is 655 g/mol. The minimum Gasteiger partial charge on any atom is -0.481 e. The highest BCUT2D eigenvalue weighted by atomic mass is 32.2. The second kappa shape index (κ2) is 10.7. The summed E-state index contributed by atoms with van der Waals surface area (Å²) in [6.45, 7) is -0.151. The predicted octanol–water partition coefficient (Wildman–Crippen LogP) is 5.62. The van der Waals surface area contributed by atoms with E-state index in [-0.39, 0.29) is 63.1 Å². The van der Waals surface area contributed by atoms with E-state index in [0.29, 0.717) is 6.07 Å². The molecule has 2 fully saturated rings. The van der Waals surface area contributed by atoms with Crippen molar-refractivity contribution in [3.8, 4) is 0 Å². The van der Waals surface area contributed by atoms with Crippen LogP contribution >= 0.6 is 0 Å². The first-order valence-corrected chi connectivity index (χ1v) is 15.2. The molecule has 0 bridgehead atoms. The number of likely N-dealkylation sites (tertiary alicyclic amines) is 1. The molecule has 1 N–H and O–H groups in total. The summed E-state index contributed by atoms with van der Waals surface area (Å²) in [6.07, 6.45) is -12.9. The highest BCUT2D eigenvalue weighted by Gasteiger charge is 2.75. The minimum absolute atomic E-state index is 0.151. The Morgan fingerprint density at radius 3 is 1.98 bits per heavy atom. The molecule has 1 aromatic carbocycles. The Morgan fingerprint density at radius 2 is 1.43 bits per heavy atom. The van der Waals surface area contributed by atoms with E-state index < -0.39 is 84.5 Å². The van der Waals surface area contributed by atoms with Gasteiger partial charge in [0.1, 0.15) is 10.6 Å². The van der Waals surface area contributed by atoms with E-state index in [1.165, 1.54) is 4.90 Å². The topological polar surface area (TPSA) is 105 Å². The van der Waals surface area contributed by atoms with E-state index in [1.54, 1.807) is 0 Å². The van der Waals surface area contributed by atoms with Crippen LogP contribution < -0.4 is 0 Å². The zero-order valence-corrected chi connectivity index (χ0v) is 23.6. The van der Waals surface area contributed by atoms with Gasteiger partial charge in [-0.05, 0) is 80.8 Å². The van der Waals surface area contributed by atoms with Crippen molar-refractivity contribution in [2.75, 3.05) is 6.54 Å². The number of aryl methyl sites for hydroxylation is 1. The Balaban J connectivity index is 1.62. The first-order chi connectivity index (χ1) is 20.4. The fraction of sp³-hybridized carbons (Fsp3) is 0.536. The smallest absolute Gasteiger partial charge is 0.437 e. The monoisotopic (exact) mass is 654 g/mol. The lowest BCUT2D eigenvalue weighted by Crippen LogP contribution is -2.54. The third-order valence-corrected chi connectivity index (χ3v) is 11.7. The van der Waals surface area contributed by atoms with Crippen LogP contribution in [0.3, 0.4) is 0 Å². The van der Waals surface area contributed by atoms with Gasteiger partial charge < -0.3 is 10.0 Å². The molecule has 1 aliphatic heterocycles. The maximum Gasteiger partial charge on any atom is 0.437 e. The second-order valence-corrected chi connectivity index (χ2v) is 13.6. The van der Waals surface area contributed by atoms with E-state index >= 15 is 0 Å². The summed E-state index contributed by atoms with van der Waals surface area (Å²) in [5.74, 6) is -3.46. The van der Waals surface area contributed by atoms with Crippen LogP contribution in [-0.2, 0) is 36.3 Å². The number of rotatable bonds is 5. The van der Waals surface area contributed by atoms with Gasteiger partial charge in [-0.1, -0.05) is 6.07 Å². The van der Waals surface area contributed by atoms with Gasteiger partial charge >= 0.3 is 24.0 Å². The summed E-state index contributed by atoms with van der Waals surface area (Å²) in [7, 11) is -4.63. The maximum atomic E-state index is 14.9. The molecule has 240 valence electrons. The van der Waals surface area contributed by atoms with Crippen LogP contribution in [-0.4, -0.2) is 60.2 Å². The van der Waals surface area contributed by atoms with Crippen LogP contribution in [0.2, 0.25) is 0 Å². The first-order valence-electron chi connectivity index (χ1n) is 13.7. The van der Waals surface area contributed by atoms with Crippen molar-refractivity contribution < 1.29 is 58.2 Å². The number of pyridine rings is 1. The highest BCUT2D eigenvalue weighted by Crippen LogP contribution is 2.56. The maximum absolute atomic E-state index is 14.9. The molecular weight excluding hydrogens is 628 g/mol. The van der Waals surface area contributed by atoms with Crippen LogP contribution in [0.5, 0.6) is 0 Å². The number of carboxylic acid groups (broad SMARTS) is 1. The number of nitrogens with zero attached hydrogens (tertiary/aromatic N) is 2. The van der Waals surface area contributed by atoms with Gasteiger partial charge in [-0.2, -0.15) is 26.3 Å². The lowest BCUT2D eigenvalue weighted by Gasteiger charge is -2.43. The number of carboxylic acids is 1. The Bertz CT molecular complexity index is 1560. The third kappa shape index (κ3) is 4.74. The molecule has 16 heteroatoms. The number of halogens is 8. The van der Waals surface area contributed by atoms with Gasteiger partial charge in [-0.15, -0.1) is 0 Å². The van der Waals surface area contributed by atoms with Gasteiger partial charge in [-0.3, -0.25) is 14.6 Å². The summed E-state index contributed by atoms with van der Waals surface area (Å²) < 4.78 is 136. The van der Waals surface area contributed by atoms with Gasteiger partial charge in [0.05, 0.1) is 22.5 Å². The lowest BCUT2D eigenvalue weighted by molar-refractivity contribution is -0.350. The second-order valence-electron chi connectivity index (χ2n) is 11.4. The number of hydrogen-bond acceptors (Lipinski definition) is 5. The van der Waals surface area contributed by atoms with Crippen molar-refractivity contribution in [1.29, 1.82) is 0 Å². The molecule has 7 nitrogen and oxygen atoms in total. The zero-order valence-electron chi connectivity index (χ0n) is 22.8. The fourth-order valence-electron chi connectivity index (χ4n) is 6.93. The molecule has 2 heterocycles. The standard InChI is InChI=1S/C28H26F8N2O5S/c29-17-5-7-18(8-6-17)44(42,43)25-13-14-38(23(39)15-1-3-16(4-2-15)24(40)41)22(25)12-10-20-19(25)9-11-21(37-20)26(30,27(31,32)33)28(34,35)36/h5-9,11,15-16,22H,1-4,10,12-14H2,(H,40,41)/t15-,16-,22?,25?. The molecule has 1 amide bonds. The molecule has 1 saturated heterocycles. The molecule has 1 aromatic heterocycles. The Morgan fingerprint density at radius 1 is 0.864 bits per heavy atom. The Labute approximate surface area is 246 Å². The quantitative estimate of drug-likeness (QED) is 0.332. The summed E-state index contributed by atoms with van der Waals surface area (Å²) in [5.41, 5.74) is -8.58. The van der Waals surface area contributed by atoms with Gasteiger partial charge in [0.15, 0.2) is 9.84 Å². The number of carbonyl (C=O) groups is 2. The number of amides is 1. The van der Waals surface area contributed by atoms with Crippen LogP contribution in [0.4, 0.5) is 35.1 Å². The predicted molar refractivity (Wildman–Crippen MR) is 136 cm³/mol. The molecule has 2 aliphatic carbocycles. The first kappa shape index (κ1) is 32.1. The van der Waals surface area contributed by atoms with Gasteiger partial charge in [0.2, 0.25) is 5.91 Å². The van der Waals surface area contributed by atoms with E-state index in [0.717, 1.165) is 24.3 Å². The van der Waals surface area contributed by atoms with Crippen molar-refractivity contribution in [2.24, 2.45) is 11.8 Å². The van der Waals surface area contributed by atoms with Gasteiger partial charge in [0, 0.05) is 18.2 Å². The largest absolute Gasteiger partial charge is 0.481 e. The number of carbonyl (C=O) groups excluding carboxylic acids is 1. The van der Waals surface area contributed by atoms with Crippen LogP contribution in [0, 0.1) is 17.7 Å². The number of fused-ring (bicyclic) bond motifs is 3. The number of aliphatic carboxylic acids is 1. The van der Waals surface area contributed by atoms with Crippen molar-refractivity contribution in [3.63, 3.8) is 0 Å². The minimum atomic E-state index is -6.43. The molecular formula is C28H26F8N2O5S. The Kier molecular flexibility index (Phi) is 7.77. The molecule has 3 aliphatic rings. The van der Waals surface area contributed by atoms with Gasteiger partial charge in [-0.25, -0.2) is 17.2 Å². The summed E-state index contributed by atoms with van der Waals surface area (Å²) in [4.78, 5) is 29.4. The van der Waals surface area contributed by atoms with Crippen LogP contribution in [0.1, 0.15) is 55.5 Å². The molecule has 1 saturated carbocycles. The molecule has 0 radical (unpaired) electrons. The average Bonchev–Trinajstić information content (AvgIpc) is 3.37. The molecule has 0 spiro atoms. The molecule has 2 unspecified atom stereocenters. The number of benzene rings is 1. The molecule has 5 rings (SSSR count). The summed E-state index contributed by atoms with van der Waals surface area (Å²) in [5, 5.41) is 9.29. The summed E-state index contributed by atoms with van der Waals surface area (Å²) in [6, 6.07) is 3.39. The summed E-state index contributed by atoms with van der Waals surface area (Å²) >= 11 is 0. The number of sulfone groups is 1. The number of alkyl halides is 7. The zero-order chi connectivity index (χ0) is 32.5. The van der Waals surface area contributed by atoms with E-state index in [9.17, 15) is 58.2 Å². The lowest BCUT2D eigenvalue weighted by atomic mass is 9.79. The third-order valence-electron chi connectivity index (χ3n) is 9.17. The number of hydrogen-bond donors (Lipinski definition) is 1. The molecule has 2 atom stereocenters. The van der Waals surface area contributed by atoms with Crippen molar-refractivity contribution in [1.82, 2.24) is 9.88 Å². The molecule has 44 heavy (non-hydrogen) atoms. The van der Waals surface area contributed by atoms with Crippen LogP contribution in [0.25, 0.3) is 0 Å². The highest BCUT2D eigenvalue weighted by molar-refractivity contribution is 7.92. The van der Waals surface area contributed by atoms with E-state index in [2.05, 4.69) is 4.98 Å². The van der Waals surface area contributed by atoms with E-state index in [4.69, 9.17) is 0 Å². The van der Waals surface area contributed by atoms with Gasteiger partial charge in [0.25, 0.3) is 0 Å². The number of aromatic nitrogens is 1. The van der Waals surface area contributed by atoms with Crippen molar-refractivity contribution in [2.45, 2.75) is 78.7 Å². The molecule has 2 aromatic rings. The van der Waals surface area contributed by atoms with Crippen LogP contribution in [0.15, 0.2) is 41.3 Å². The van der Waals surface area contributed by atoms with Crippen molar-refractivity contribution >= 4 is 21.7 Å². The SMILES string of the molecule is O=C(O)[C@H]1CC[C@H](C(=O)N2CCC3(S(=O)(=O)c4ccc(F)cc4)c4ccc(C(F)(C(F)(F)F)C(F)(F)F)nc4CCC23)CC1. The van der Waals surface area contributed by atoms with E-state index in [1.807, 2.05) is 0 Å². The fourth-order valence-corrected chi connectivity index (χ4v) is 9.28. The van der Waals surface area contributed by atoms with Crippen molar-refractivity contribution in [3.05, 3.63) is 59.2 Å². The Hall–Kier alpha value is -3.30. The normalized spacial score (nSPS) is 26.2.